The van der Waals surface area contributed by atoms with Gasteiger partial charge in [-0.05, 0) is 36.2 Å². The van der Waals surface area contributed by atoms with Gasteiger partial charge in [-0.25, -0.2) is 4.98 Å². The molecule has 0 aliphatic rings. The van der Waals surface area contributed by atoms with E-state index in [9.17, 15) is 4.79 Å². The summed E-state index contributed by atoms with van der Waals surface area (Å²) >= 11 is 0. The first-order valence-corrected chi connectivity index (χ1v) is 5.94. The lowest BCUT2D eigenvalue weighted by Gasteiger charge is -2.18. The van der Waals surface area contributed by atoms with Crippen LogP contribution in [0.1, 0.15) is 21.5 Å². The highest BCUT2D eigenvalue weighted by Crippen LogP contribution is 2.11. The molecule has 2 rings (SSSR count). The van der Waals surface area contributed by atoms with Gasteiger partial charge in [-0.2, -0.15) is 0 Å². The lowest BCUT2D eigenvalue weighted by molar-refractivity contribution is 0.0785. The van der Waals surface area contributed by atoms with Gasteiger partial charge in [0.15, 0.2) is 0 Å². The molecule has 0 spiro atoms. The van der Waals surface area contributed by atoms with E-state index in [1.54, 1.807) is 36.5 Å². The Kier molecular flexibility index (Phi) is 3.75. The van der Waals surface area contributed by atoms with E-state index in [-0.39, 0.29) is 5.91 Å². The second kappa shape index (κ2) is 5.48. The second-order valence-electron chi connectivity index (χ2n) is 4.43. The van der Waals surface area contributed by atoms with Crippen molar-refractivity contribution in [1.82, 2.24) is 14.9 Å². The molecule has 0 saturated heterocycles. The fourth-order valence-electron chi connectivity index (χ4n) is 1.81. The number of nitrogens with two attached hydrogens (primary N) is 1. The van der Waals surface area contributed by atoms with Crippen molar-refractivity contribution >= 4 is 11.7 Å². The minimum absolute atomic E-state index is 0.0784. The standard InChI is InChI=1S/C14H16N4O/c1-10-8-16-5-3-12(10)9-18(2)14(19)11-4-6-17-13(15)7-11/h3-8H,9H2,1-2H3,(H2,15,17). The summed E-state index contributed by atoms with van der Waals surface area (Å²) in [6.45, 7) is 2.51. The third kappa shape index (κ3) is 3.07. The number of carbonyl (C=O) groups excluding carboxylic acids is 1. The number of anilines is 1. The van der Waals surface area contributed by atoms with Gasteiger partial charge >= 0.3 is 0 Å². The number of aryl methyl sites for hydroxylation is 1. The number of hydrogen-bond donors (Lipinski definition) is 1. The average Bonchev–Trinajstić information content (AvgIpc) is 2.40. The molecule has 0 atom stereocenters. The van der Waals surface area contributed by atoms with Crippen LogP contribution in [0.4, 0.5) is 5.82 Å². The predicted molar refractivity (Wildman–Crippen MR) is 73.4 cm³/mol. The van der Waals surface area contributed by atoms with E-state index >= 15 is 0 Å². The molecule has 2 aromatic rings. The molecule has 19 heavy (non-hydrogen) atoms. The van der Waals surface area contributed by atoms with E-state index in [0.717, 1.165) is 11.1 Å². The van der Waals surface area contributed by atoms with Crippen LogP contribution in [0.3, 0.4) is 0 Å². The van der Waals surface area contributed by atoms with Gasteiger partial charge in [-0.3, -0.25) is 9.78 Å². The van der Waals surface area contributed by atoms with E-state index in [4.69, 9.17) is 5.73 Å². The molecule has 98 valence electrons. The smallest absolute Gasteiger partial charge is 0.254 e. The summed E-state index contributed by atoms with van der Waals surface area (Å²) in [4.78, 5) is 21.8. The number of hydrogen-bond acceptors (Lipinski definition) is 4. The molecule has 0 saturated carbocycles. The third-order valence-corrected chi connectivity index (χ3v) is 2.92. The normalized spacial score (nSPS) is 10.2. The first-order valence-electron chi connectivity index (χ1n) is 5.94. The van der Waals surface area contributed by atoms with Gasteiger partial charge in [-0.1, -0.05) is 0 Å². The zero-order valence-corrected chi connectivity index (χ0v) is 11.0. The van der Waals surface area contributed by atoms with Crippen LogP contribution in [0.5, 0.6) is 0 Å². The molecule has 5 nitrogen and oxygen atoms in total. The summed E-state index contributed by atoms with van der Waals surface area (Å²) in [6.07, 6.45) is 5.05. The van der Waals surface area contributed by atoms with Crippen LogP contribution >= 0.6 is 0 Å². The van der Waals surface area contributed by atoms with Gasteiger partial charge in [0.25, 0.3) is 5.91 Å². The number of pyridine rings is 2. The second-order valence-corrected chi connectivity index (χ2v) is 4.43. The molecular formula is C14H16N4O. The summed E-state index contributed by atoms with van der Waals surface area (Å²) in [5.41, 5.74) is 8.27. The lowest BCUT2D eigenvalue weighted by Crippen LogP contribution is -2.26. The van der Waals surface area contributed by atoms with Crippen LogP contribution in [-0.2, 0) is 6.54 Å². The molecule has 0 aliphatic carbocycles. The summed E-state index contributed by atoms with van der Waals surface area (Å²) < 4.78 is 0. The van der Waals surface area contributed by atoms with Crippen molar-refractivity contribution in [2.45, 2.75) is 13.5 Å². The van der Waals surface area contributed by atoms with Crippen molar-refractivity contribution in [2.24, 2.45) is 0 Å². The molecule has 0 bridgehead atoms. The highest BCUT2D eigenvalue weighted by atomic mass is 16.2. The number of amides is 1. The number of nitrogens with zero attached hydrogens (tertiary/aromatic N) is 3. The van der Waals surface area contributed by atoms with E-state index in [0.29, 0.717) is 17.9 Å². The Bertz CT molecular complexity index is 598. The van der Waals surface area contributed by atoms with E-state index in [2.05, 4.69) is 9.97 Å². The highest BCUT2D eigenvalue weighted by Gasteiger charge is 2.13. The van der Waals surface area contributed by atoms with Crippen LogP contribution < -0.4 is 5.73 Å². The predicted octanol–water partition coefficient (Wildman–Crippen LogP) is 1.64. The minimum Gasteiger partial charge on any atom is -0.384 e. The fourth-order valence-corrected chi connectivity index (χ4v) is 1.81. The monoisotopic (exact) mass is 256 g/mol. The number of nitrogen functional groups attached to an aromatic ring is 1. The average molecular weight is 256 g/mol. The first kappa shape index (κ1) is 13.0. The van der Waals surface area contributed by atoms with Gasteiger partial charge in [0, 0.05) is 37.7 Å². The van der Waals surface area contributed by atoms with Crippen molar-refractivity contribution in [3.8, 4) is 0 Å². The summed E-state index contributed by atoms with van der Waals surface area (Å²) in [5.74, 6) is 0.268. The molecule has 0 radical (unpaired) electrons. The number of aromatic nitrogens is 2. The molecule has 5 heteroatoms. The zero-order chi connectivity index (χ0) is 13.8. The van der Waals surface area contributed by atoms with Gasteiger partial charge in [0.1, 0.15) is 5.82 Å². The first-order chi connectivity index (χ1) is 9.08. The molecule has 0 aliphatic heterocycles. The third-order valence-electron chi connectivity index (χ3n) is 2.92. The Morgan fingerprint density at radius 3 is 2.84 bits per heavy atom. The van der Waals surface area contributed by atoms with Gasteiger partial charge in [-0.15, -0.1) is 0 Å². The molecule has 1 amide bonds. The van der Waals surface area contributed by atoms with Crippen LogP contribution in [0.15, 0.2) is 36.8 Å². The quantitative estimate of drug-likeness (QED) is 0.906. The maximum atomic E-state index is 12.2. The van der Waals surface area contributed by atoms with Crippen molar-refractivity contribution < 1.29 is 4.79 Å². The Balaban J connectivity index is 2.14. The number of rotatable bonds is 3. The van der Waals surface area contributed by atoms with Crippen LogP contribution in [0.25, 0.3) is 0 Å². The lowest BCUT2D eigenvalue weighted by atomic mass is 10.1. The SMILES string of the molecule is Cc1cnccc1CN(C)C(=O)c1ccnc(N)c1. The van der Waals surface area contributed by atoms with Gasteiger partial charge in [0.2, 0.25) is 0 Å². The summed E-state index contributed by atoms with van der Waals surface area (Å²) in [7, 11) is 1.76. The Morgan fingerprint density at radius 2 is 2.16 bits per heavy atom. The van der Waals surface area contributed by atoms with E-state index in [1.807, 2.05) is 13.0 Å². The van der Waals surface area contributed by atoms with Gasteiger partial charge < -0.3 is 10.6 Å². The van der Waals surface area contributed by atoms with Gasteiger partial charge in [0.05, 0.1) is 0 Å². The van der Waals surface area contributed by atoms with Crippen LogP contribution in [0, 0.1) is 6.92 Å². The Morgan fingerprint density at radius 1 is 1.37 bits per heavy atom. The van der Waals surface area contributed by atoms with Crippen LogP contribution in [-0.4, -0.2) is 27.8 Å². The van der Waals surface area contributed by atoms with Crippen molar-refractivity contribution in [2.75, 3.05) is 12.8 Å². The zero-order valence-electron chi connectivity index (χ0n) is 11.0. The topological polar surface area (TPSA) is 72.1 Å². The molecule has 2 heterocycles. The maximum absolute atomic E-state index is 12.2. The largest absolute Gasteiger partial charge is 0.384 e. The van der Waals surface area contributed by atoms with Crippen molar-refractivity contribution in [3.05, 3.63) is 53.5 Å². The molecule has 0 unspecified atom stereocenters. The highest BCUT2D eigenvalue weighted by molar-refractivity contribution is 5.94. The summed E-state index contributed by atoms with van der Waals surface area (Å²) in [5, 5.41) is 0. The van der Waals surface area contributed by atoms with Crippen LogP contribution in [0.2, 0.25) is 0 Å². The van der Waals surface area contributed by atoms with E-state index in [1.165, 1.54) is 6.20 Å². The van der Waals surface area contributed by atoms with Crippen molar-refractivity contribution in [1.29, 1.82) is 0 Å². The molecule has 2 N–H and O–H groups in total. The molecule has 0 fully saturated rings. The molecular weight excluding hydrogens is 240 g/mol. The fraction of sp³-hybridized carbons (Fsp3) is 0.214. The number of carbonyl (C=O) groups is 1. The Hall–Kier alpha value is -2.43. The molecule has 0 aromatic carbocycles. The maximum Gasteiger partial charge on any atom is 0.254 e. The Labute approximate surface area is 112 Å². The molecule has 2 aromatic heterocycles. The van der Waals surface area contributed by atoms with E-state index < -0.39 is 0 Å². The van der Waals surface area contributed by atoms with Crippen molar-refractivity contribution in [3.63, 3.8) is 0 Å². The summed E-state index contributed by atoms with van der Waals surface area (Å²) in [6, 6.07) is 5.16. The minimum atomic E-state index is -0.0784.